The number of aryl methyl sites for hydroxylation is 1. The van der Waals surface area contributed by atoms with Gasteiger partial charge in [0, 0.05) is 31.1 Å². The molecule has 0 aliphatic heterocycles. The predicted octanol–water partition coefficient (Wildman–Crippen LogP) is 4.53. The normalized spacial score (nSPS) is 12.1. The maximum atomic E-state index is 13.3. The van der Waals surface area contributed by atoms with E-state index < -0.39 is 16.1 Å². The van der Waals surface area contributed by atoms with Gasteiger partial charge in [-0.25, -0.2) is 8.42 Å². The van der Waals surface area contributed by atoms with Crippen molar-refractivity contribution >= 4 is 39.1 Å². The summed E-state index contributed by atoms with van der Waals surface area (Å²) < 4.78 is 26.0. The number of hydrogen-bond donors (Lipinski definition) is 1. The van der Waals surface area contributed by atoms with Gasteiger partial charge < -0.3 is 10.2 Å². The van der Waals surface area contributed by atoms with Crippen molar-refractivity contribution in [2.75, 3.05) is 23.7 Å². The predicted molar refractivity (Wildman–Crippen MR) is 142 cm³/mol. The Labute approximate surface area is 214 Å². The van der Waals surface area contributed by atoms with Gasteiger partial charge in [-0.3, -0.25) is 13.9 Å². The molecule has 2 amide bonds. The summed E-state index contributed by atoms with van der Waals surface area (Å²) in [5.41, 5.74) is 2.49. The Bertz CT molecular complexity index is 1090. The quantitative estimate of drug-likeness (QED) is 0.392. The Morgan fingerprint density at radius 3 is 2.31 bits per heavy atom. The molecule has 0 fully saturated rings. The van der Waals surface area contributed by atoms with Crippen LogP contribution < -0.4 is 9.62 Å². The lowest BCUT2D eigenvalue weighted by molar-refractivity contribution is -0.140. The van der Waals surface area contributed by atoms with E-state index in [2.05, 4.69) is 5.32 Å². The monoisotopic (exact) mass is 521 g/mol. The minimum atomic E-state index is -3.54. The van der Waals surface area contributed by atoms with Crippen LogP contribution in [0, 0.1) is 6.92 Å². The molecule has 0 aliphatic rings. The van der Waals surface area contributed by atoms with E-state index in [0.717, 1.165) is 30.2 Å². The van der Waals surface area contributed by atoms with E-state index in [1.54, 1.807) is 36.1 Å². The summed E-state index contributed by atoms with van der Waals surface area (Å²) in [5.74, 6) is -0.393. The van der Waals surface area contributed by atoms with Crippen molar-refractivity contribution < 1.29 is 18.0 Å². The Hall–Kier alpha value is -2.58. The van der Waals surface area contributed by atoms with Crippen LogP contribution in [0.2, 0.25) is 5.02 Å². The molecule has 0 unspecified atom stereocenters. The van der Waals surface area contributed by atoms with Crippen molar-refractivity contribution in [1.29, 1.82) is 0 Å². The minimum absolute atomic E-state index is 0.109. The van der Waals surface area contributed by atoms with Gasteiger partial charge in [-0.15, -0.1) is 0 Å². The molecule has 0 radical (unpaired) electrons. The second-order valence-corrected chi connectivity index (χ2v) is 11.0. The van der Waals surface area contributed by atoms with Gasteiger partial charge in [-0.2, -0.15) is 0 Å². The fourth-order valence-electron chi connectivity index (χ4n) is 3.70. The zero-order valence-electron chi connectivity index (χ0n) is 21.0. The number of rotatable bonds is 13. The third-order valence-electron chi connectivity index (χ3n) is 5.87. The van der Waals surface area contributed by atoms with Gasteiger partial charge in [0.1, 0.15) is 6.04 Å². The van der Waals surface area contributed by atoms with Crippen molar-refractivity contribution in [2.45, 2.75) is 59.0 Å². The first-order valence-electron chi connectivity index (χ1n) is 11.9. The Morgan fingerprint density at radius 1 is 1.06 bits per heavy atom. The van der Waals surface area contributed by atoms with Gasteiger partial charge in [-0.1, -0.05) is 49.2 Å². The summed E-state index contributed by atoms with van der Waals surface area (Å²) in [4.78, 5) is 27.6. The summed E-state index contributed by atoms with van der Waals surface area (Å²) in [7, 11) is -3.54. The lowest BCUT2D eigenvalue weighted by Crippen LogP contribution is -2.48. The van der Waals surface area contributed by atoms with E-state index in [-0.39, 0.29) is 24.8 Å². The maximum absolute atomic E-state index is 13.3. The summed E-state index contributed by atoms with van der Waals surface area (Å²) >= 11 is 5.93. The van der Waals surface area contributed by atoms with Crippen LogP contribution in [0.3, 0.4) is 0 Å². The van der Waals surface area contributed by atoms with E-state index in [1.807, 2.05) is 38.1 Å². The molecular formula is C26H36ClN3O4S. The zero-order chi connectivity index (χ0) is 26.0. The first kappa shape index (κ1) is 28.7. The highest BCUT2D eigenvalue weighted by molar-refractivity contribution is 7.92. The van der Waals surface area contributed by atoms with Crippen LogP contribution in [-0.2, 0) is 26.2 Å². The number of carbonyl (C=O) groups is 2. The molecule has 0 aliphatic carbocycles. The first-order valence-corrected chi connectivity index (χ1v) is 14.1. The molecule has 192 valence electrons. The maximum Gasteiger partial charge on any atom is 0.242 e. The second-order valence-electron chi connectivity index (χ2n) is 8.68. The molecule has 9 heteroatoms. The van der Waals surface area contributed by atoms with Crippen molar-refractivity contribution in [3.8, 4) is 0 Å². The van der Waals surface area contributed by atoms with Crippen LogP contribution in [0.25, 0.3) is 0 Å². The average molecular weight is 522 g/mol. The third kappa shape index (κ3) is 8.85. The summed E-state index contributed by atoms with van der Waals surface area (Å²) in [6.07, 6.45) is 3.39. The van der Waals surface area contributed by atoms with Crippen LogP contribution in [0.4, 0.5) is 5.69 Å². The summed E-state index contributed by atoms with van der Waals surface area (Å²) in [5, 5.41) is 3.42. The van der Waals surface area contributed by atoms with Crippen LogP contribution in [0.15, 0.2) is 48.5 Å². The van der Waals surface area contributed by atoms with Gasteiger partial charge in [0.05, 0.1) is 11.9 Å². The number of unbranched alkanes of at least 4 members (excludes halogenated alkanes) is 1. The molecule has 7 nitrogen and oxygen atoms in total. The molecule has 0 aromatic heterocycles. The topological polar surface area (TPSA) is 86.8 Å². The van der Waals surface area contributed by atoms with Crippen molar-refractivity contribution in [3.05, 3.63) is 64.7 Å². The second kappa shape index (κ2) is 13.5. The number of nitrogens with one attached hydrogen (secondary N) is 1. The number of hydrogen-bond acceptors (Lipinski definition) is 4. The highest BCUT2D eigenvalue weighted by atomic mass is 35.5. The molecule has 2 aromatic carbocycles. The fraction of sp³-hybridized carbons (Fsp3) is 0.462. The summed E-state index contributed by atoms with van der Waals surface area (Å²) in [6.45, 7) is 6.76. The van der Waals surface area contributed by atoms with Gasteiger partial charge in [0.2, 0.25) is 21.8 Å². The van der Waals surface area contributed by atoms with Crippen LogP contribution in [0.5, 0.6) is 0 Å². The van der Waals surface area contributed by atoms with Crippen LogP contribution >= 0.6 is 11.6 Å². The smallest absolute Gasteiger partial charge is 0.242 e. The molecule has 1 N–H and O–H groups in total. The molecule has 2 aromatic rings. The number of anilines is 1. The molecule has 0 heterocycles. The van der Waals surface area contributed by atoms with Crippen LogP contribution in [-0.4, -0.2) is 50.5 Å². The lowest BCUT2D eigenvalue weighted by Gasteiger charge is -2.30. The number of benzene rings is 2. The SMILES string of the molecule is CCCCNC(=O)[C@H](C)N(Cc1ccccc1C)C(=O)CCCN(c1ccc(Cl)cc1)S(C)(=O)=O. The molecule has 0 spiro atoms. The standard InChI is InChI=1S/C26H36ClN3O4S/c1-5-6-17-28-26(32)21(3)29(19-22-11-8-7-10-20(22)2)25(31)12-9-18-30(35(4,33)34)24-15-13-23(27)14-16-24/h7-8,10-11,13-16,21H,5-6,9,12,17-19H2,1-4H3,(H,28,32)/t21-/m0/s1. The largest absolute Gasteiger partial charge is 0.354 e. The third-order valence-corrected chi connectivity index (χ3v) is 7.31. The Kier molecular flexibility index (Phi) is 11.0. The number of sulfonamides is 1. The van der Waals surface area contributed by atoms with Gasteiger partial charge in [-0.05, 0) is 62.1 Å². The van der Waals surface area contributed by atoms with E-state index in [4.69, 9.17) is 11.6 Å². The number of nitrogens with zero attached hydrogens (tertiary/aromatic N) is 2. The zero-order valence-corrected chi connectivity index (χ0v) is 22.5. The van der Waals surface area contributed by atoms with Crippen LogP contribution in [0.1, 0.15) is 50.7 Å². The van der Waals surface area contributed by atoms with Gasteiger partial charge >= 0.3 is 0 Å². The number of amides is 2. The Balaban J connectivity index is 2.14. The molecule has 35 heavy (non-hydrogen) atoms. The van der Waals surface area contributed by atoms with Crippen molar-refractivity contribution in [1.82, 2.24) is 10.2 Å². The van der Waals surface area contributed by atoms with E-state index in [0.29, 0.717) is 30.2 Å². The van der Waals surface area contributed by atoms with E-state index >= 15 is 0 Å². The molecule has 2 rings (SSSR count). The number of halogens is 1. The van der Waals surface area contributed by atoms with Crippen molar-refractivity contribution in [2.24, 2.45) is 0 Å². The van der Waals surface area contributed by atoms with Crippen molar-refractivity contribution in [3.63, 3.8) is 0 Å². The van der Waals surface area contributed by atoms with Gasteiger partial charge in [0.15, 0.2) is 0 Å². The average Bonchev–Trinajstić information content (AvgIpc) is 2.81. The highest BCUT2D eigenvalue weighted by Gasteiger charge is 2.26. The molecule has 1 atom stereocenters. The Morgan fingerprint density at radius 2 is 1.71 bits per heavy atom. The van der Waals surface area contributed by atoms with E-state index in [9.17, 15) is 18.0 Å². The summed E-state index contributed by atoms with van der Waals surface area (Å²) in [6, 6.07) is 13.6. The minimum Gasteiger partial charge on any atom is -0.354 e. The molecule has 0 bridgehead atoms. The lowest BCUT2D eigenvalue weighted by atomic mass is 10.1. The first-order chi connectivity index (χ1) is 16.5. The number of carbonyl (C=O) groups excluding carboxylic acids is 2. The van der Waals surface area contributed by atoms with E-state index in [1.165, 1.54) is 4.31 Å². The fourth-order valence-corrected chi connectivity index (χ4v) is 4.79. The molecular weight excluding hydrogens is 486 g/mol. The molecule has 0 saturated heterocycles. The highest BCUT2D eigenvalue weighted by Crippen LogP contribution is 2.21. The van der Waals surface area contributed by atoms with Gasteiger partial charge in [0.25, 0.3) is 0 Å². The molecule has 0 saturated carbocycles.